The van der Waals surface area contributed by atoms with Crippen molar-refractivity contribution in [2.24, 2.45) is 10.3 Å². The number of carboxylic acids is 1. The highest BCUT2D eigenvalue weighted by atomic mass is 32.2. The van der Waals surface area contributed by atoms with E-state index < -0.39 is 32.0 Å². The number of fused-ring (bicyclic) bond motifs is 10. The summed E-state index contributed by atoms with van der Waals surface area (Å²) >= 11 is 0. The quantitative estimate of drug-likeness (QED) is 0.0313. The Morgan fingerprint density at radius 1 is 0.613 bits per heavy atom. The first-order valence-electron chi connectivity index (χ1n) is 32.9. The van der Waals surface area contributed by atoms with Crippen molar-refractivity contribution in [1.29, 1.82) is 0 Å². The maximum Gasteiger partial charge on any atom is 0.338 e. The third-order valence-electron chi connectivity index (χ3n) is 17.8. The molecule has 4 aromatic carbocycles. The van der Waals surface area contributed by atoms with Crippen LogP contribution in [-0.2, 0) is 47.8 Å². The van der Waals surface area contributed by atoms with Gasteiger partial charge in [-0.3, -0.25) is 9.59 Å². The first-order valence-corrected chi connectivity index (χ1v) is 35.2. The van der Waals surface area contributed by atoms with Crippen LogP contribution < -0.4 is 30.4 Å². The van der Waals surface area contributed by atoms with Crippen LogP contribution in [0.25, 0.3) is 56.5 Å². The van der Waals surface area contributed by atoms with Crippen molar-refractivity contribution in [1.82, 2.24) is 28.4 Å². The van der Waals surface area contributed by atoms with Crippen LogP contribution in [0, 0.1) is 0 Å². The number of nitrogens with one attached hydrogen (secondary N) is 2. The molecular weight excluding hydrogens is 1220 g/mol. The Hall–Kier alpha value is -7.34. The molecule has 2 saturated carbocycles. The molecule has 20 nitrogen and oxygen atoms in total. The van der Waals surface area contributed by atoms with Gasteiger partial charge in [-0.05, 0) is 179 Å². The standard InChI is InChI=1S/C36H48N4O6S.C32H40N4O6S.C2H6.CH4/c1-36(2,3)46-35(42)25-14-16-30-31(22-25)40-23-27(34(41)38-18-10-7-11-19-39(4)47(37,43)44)20-26-21-28(45-5)15-17-29(26)33(40)32(30)24-12-8-6-9-13-24;1-35(43(33,40)41)16-8-4-7-15-34-31(37)24-17-23-18-25(42-2)12-14-26(23)30-29(21-9-5-3-6-10-21)27-13-11-22(32(38)39)19-28(27)36(30)20-24;1-2;/h14-17,20-22,24H,6-13,18-19,23H2,1-5H3,(H,38,41)(H2,37,43,44);11-14,17-19,21H,3-10,15-16,20H2,1-2H3,(H,34,37)(H,38,39)(H2,33,40,41);1-2H3;1H4/i;;1D;. The summed E-state index contributed by atoms with van der Waals surface area (Å²) in [5.41, 5.74) is 11.4. The number of nitrogens with two attached hydrogens (primary N) is 2. The van der Waals surface area contributed by atoms with Crippen molar-refractivity contribution in [3.05, 3.63) is 117 Å². The number of carbonyl (C=O) groups is 4. The molecule has 2 amide bonds. The van der Waals surface area contributed by atoms with Crippen LogP contribution in [0.2, 0.25) is 0 Å². The van der Waals surface area contributed by atoms with Crippen LogP contribution >= 0.6 is 0 Å². The number of methoxy groups -OCH3 is 2. The van der Waals surface area contributed by atoms with E-state index >= 15 is 0 Å². The first-order chi connectivity index (χ1) is 44.3. The summed E-state index contributed by atoms with van der Waals surface area (Å²) in [6, 6.07) is 23.1. The van der Waals surface area contributed by atoms with E-state index in [1.807, 2.05) is 81.5 Å². The number of aromatic carboxylic acids is 1. The van der Waals surface area contributed by atoms with E-state index in [2.05, 4.69) is 31.9 Å². The van der Waals surface area contributed by atoms with Gasteiger partial charge in [-0.25, -0.2) is 19.9 Å². The van der Waals surface area contributed by atoms with E-state index in [1.54, 1.807) is 33.3 Å². The molecule has 0 atom stereocenters. The third kappa shape index (κ3) is 17.9. The number of rotatable bonds is 22. The summed E-state index contributed by atoms with van der Waals surface area (Å²) in [5.74, 6) is 0.388. The molecule has 10 rings (SSSR count). The van der Waals surface area contributed by atoms with Crippen LogP contribution in [0.15, 0.2) is 83.9 Å². The number of carboxylic acid groups (broad SMARTS) is 1. The van der Waals surface area contributed by atoms with Crippen molar-refractivity contribution < 1.29 is 56.7 Å². The predicted molar refractivity (Wildman–Crippen MR) is 371 cm³/mol. The van der Waals surface area contributed by atoms with Crippen LogP contribution in [0.4, 0.5) is 0 Å². The second-order valence-electron chi connectivity index (χ2n) is 25.2. The molecule has 506 valence electrons. The molecule has 6 aromatic rings. The van der Waals surface area contributed by atoms with Gasteiger partial charge < -0.3 is 39.1 Å². The molecule has 22 heteroatoms. The fourth-order valence-corrected chi connectivity index (χ4v) is 13.9. The lowest BCUT2D eigenvalue weighted by atomic mass is 9.81. The summed E-state index contributed by atoms with van der Waals surface area (Å²) in [7, 11) is -1.24. The Bertz CT molecular complexity index is 3990. The normalized spacial score (nSPS) is 15.2. The average molecular weight is 1320 g/mol. The third-order valence-corrected chi connectivity index (χ3v) is 19.9. The molecule has 0 saturated heterocycles. The first kappa shape index (κ1) is 71.5. The van der Waals surface area contributed by atoms with Crippen molar-refractivity contribution in [2.75, 3.05) is 54.5 Å². The number of esters is 1. The second-order valence-corrected chi connectivity index (χ2v) is 28.6. The highest BCUT2D eigenvalue weighted by molar-refractivity contribution is 7.87. The van der Waals surface area contributed by atoms with Crippen LogP contribution in [0.3, 0.4) is 0 Å². The van der Waals surface area contributed by atoms with Crippen molar-refractivity contribution in [2.45, 2.75) is 175 Å². The summed E-state index contributed by atoms with van der Waals surface area (Å²) in [6.45, 7) is 10.0. The molecule has 2 fully saturated rings. The lowest BCUT2D eigenvalue weighted by Crippen LogP contribution is -2.34. The van der Waals surface area contributed by atoms with Gasteiger partial charge in [0.15, 0.2) is 0 Å². The number of unbranched alkanes of at least 4 members (excludes halogenated alkanes) is 4. The molecule has 93 heavy (non-hydrogen) atoms. The number of nitrogens with zero attached hydrogens (tertiary/aromatic N) is 4. The molecule has 2 aliphatic carbocycles. The molecule has 4 heterocycles. The maximum atomic E-state index is 13.8. The Balaban J connectivity index is 0.000000254. The van der Waals surface area contributed by atoms with Gasteiger partial charge >= 0.3 is 11.9 Å². The fourth-order valence-electron chi connectivity index (χ4n) is 13.1. The van der Waals surface area contributed by atoms with Crippen LogP contribution in [0.5, 0.6) is 11.5 Å². The van der Waals surface area contributed by atoms with Gasteiger partial charge in [-0.2, -0.15) is 25.4 Å². The maximum absolute atomic E-state index is 13.8. The van der Waals surface area contributed by atoms with Gasteiger partial charge in [0.2, 0.25) is 11.8 Å². The topological polar surface area (TPSA) is 277 Å². The zero-order valence-electron chi connectivity index (χ0n) is 55.7. The average Bonchev–Trinajstić information content (AvgIpc) is 1.58. The molecule has 0 spiro atoms. The second kappa shape index (κ2) is 32.2. The number of benzene rings is 4. The molecule has 0 unspecified atom stereocenters. The van der Waals surface area contributed by atoms with E-state index in [-0.39, 0.29) is 30.8 Å². The molecule has 0 bridgehead atoms. The minimum Gasteiger partial charge on any atom is -0.497 e. The zero-order chi connectivity index (χ0) is 67.4. The number of aromatic nitrogens is 2. The fraction of sp³-hybridized carbons (Fsp3) is 0.493. The van der Waals surface area contributed by atoms with Crippen LogP contribution in [0.1, 0.15) is 201 Å². The number of carbonyl (C=O) groups excluding carboxylic acids is 3. The van der Waals surface area contributed by atoms with Gasteiger partial charge in [0.05, 0.1) is 49.8 Å². The highest BCUT2D eigenvalue weighted by Crippen LogP contribution is 2.49. The van der Waals surface area contributed by atoms with Gasteiger partial charge in [-0.1, -0.05) is 84.7 Å². The minimum absolute atomic E-state index is 0. The Labute approximate surface area is 551 Å². The number of amides is 2. The van der Waals surface area contributed by atoms with Gasteiger partial charge in [0.25, 0.3) is 20.4 Å². The zero-order valence-corrected chi connectivity index (χ0v) is 56.3. The molecule has 0 radical (unpaired) electrons. The molecule has 2 aromatic heterocycles. The highest BCUT2D eigenvalue weighted by Gasteiger charge is 2.33. The van der Waals surface area contributed by atoms with E-state index in [0.717, 1.165) is 115 Å². The van der Waals surface area contributed by atoms with Crippen molar-refractivity contribution in [3.63, 3.8) is 0 Å². The summed E-state index contributed by atoms with van der Waals surface area (Å²) in [4.78, 5) is 52.5. The number of hydrogen-bond acceptors (Lipinski definition) is 11. The molecule has 4 aliphatic rings. The molecule has 2 aliphatic heterocycles. The van der Waals surface area contributed by atoms with Gasteiger partial charge in [0.1, 0.15) is 17.1 Å². The van der Waals surface area contributed by atoms with Crippen molar-refractivity contribution in [3.8, 4) is 34.0 Å². The van der Waals surface area contributed by atoms with Gasteiger partial charge in [-0.15, -0.1) is 0 Å². The van der Waals surface area contributed by atoms with Crippen LogP contribution in [-0.4, -0.2) is 124 Å². The molecule has 7 N–H and O–H groups in total. The molecular formula is C71H98N8O12S2. The Morgan fingerprint density at radius 3 is 1.39 bits per heavy atom. The lowest BCUT2D eigenvalue weighted by molar-refractivity contribution is -0.118. The van der Waals surface area contributed by atoms with Crippen molar-refractivity contribution >= 4 is 78.1 Å². The summed E-state index contributed by atoms with van der Waals surface area (Å²) in [5, 5.41) is 28.4. The van der Waals surface area contributed by atoms with E-state index in [9.17, 15) is 41.1 Å². The summed E-state index contributed by atoms with van der Waals surface area (Å²) in [6.07, 6.45) is 19.5. The van der Waals surface area contributed by atoms with E-state index in [0.29, 0.717) is 112 Å². The number of hydrogen-bond donors (Lipinski definition) is 5. The smallest absolute Gasteiger partial charge is 0.338 e. The number of ether oxygens (including phenoxy) is 3. The van der Waals surface area contributed by atoms with E-state index in [1.165, 1.54) is 50.9 Å². The Kier molecular flexibility index (Phi) is 24.8. The van der Waals surface area contributed by atoms with E-state index in [4.69, 9.17) is 25.9 Å². The van der Waals surface area contributed by atoms with Gasteiger partial charge in [0, 0.05) is 85.7 Å². The SMILES string of the molecule is C.COc1ccc2c(c1)C=C(C(=O)NCCCCCN(C)S(N)(=O)=O)Cn1c-2c(C2CCCCC2)c2ccc(C(=O)O)cc21.COc1ccc2c(c1)C=C(C(=O)NCCCCCN(C)S(N)(=O)=O)Cn1c-2c(C2CCCCC2)c2ccc(C(=O)OC(C)(C)C)cc21.[2H]CC. The Morgan fingerprint density at radius 2 is 1.01 bits per heavy atom. The predicted octanol–water partition coefficient (Wildman–Crippen LogP) is 12.7. The lowest BCUT2D eigenvalue weighted by Gasteiger charge is -2.24. The monoisotopic (exact) mass is 1320 g/mol. The summed E-state index contributed by atoms with van der Waals surface area (Å²) < 4.78 is 75.3. The minimum atomic E-state index is -3.70. The largest absolute Gasteiger partial charge is 0.497 e.